The monoisotopic (exact) mass is 302 g/mol. The number of hydrogen-bond donors (Lipinski definition) is 0. The van der Waals surface area contributed by atoms with E-state index in [1.54, 1.807) is 13.3 Å². The highest BCUT2D eigenvalue weighted by Crippen LogP contribution is 2.30. The van der Waals surface area contributed by atoms with E-state index >= 15 is 0 Å². The molecule has 2 aromatic carbocycles. The lowest BCUT2D eigenvalue weighted by Gasteiger charge is -2.11. The molecular weight excluding hydrogens is 288 g/mol. The molecule has 23 heavy (non-hydrogen) atoms. The third kappa shape index (κ3) is 2.07. The molecule has 0 N–H and O–H groups in total. The maximum absolute atomic E-state index is 11.6. The van der Waals surface area contributed by atoms with E-state index in [4.69, 9.17) is 4.74 Å². The topological polar surface area (TPSA) is 44.1 Å². The molecule has 2 aromatic heterocycles. The molecule has 0 bridgehead atoms. The quantitative estimate of drug-likeness (QED) is 0.537. The van der Waals surface area contributed by atoms with Crippen molar-refractivity contribution < 1.29 is 9.53 Å². The Balaban J connectivity index is 2.09. The standard InChI is InChI=1S/C19H14N2O2/c1-23-16-6-7-18-14(9-16)8-15(12-22)21(18)19-11-20-10-13-4-2-3-5-17(13)19/h2-12H,1H3. The second kappa shape index (κ2) is 5.25. The molecule has 4 aromatic rings. The van der Waals surface area contributed by atoms with Gasteiger partial charge in [0.2, 0.25) is 0 Å². The highest BCUT2D eigenvalue weighted by Gasteiger charge is 2.13. The molecule has 0 aliphatic rings. The lowest BCUT2D eigenvalue weighted by Crippen LogP contribution is -2.00. The van der Waals surface area contributed by atoms with Crippen LogP contribution in [-0.2, 0) is 0 Å². The van der Waals surface area contributed by atoms with E-state index in [2.05, 4.69) is 4.98 Å². The summed E-state index contributed by atoms with van der Waals surface area (Å²) in [5.41, 5.74) is 2.43. The number of carbonyl (C=O) groups is 1. The van der Waals surface area contributed by atoms with Crippen molar-refractivity contribution in [3.8, 4) is 11.4 Å². The number of aldehydes is 1. The third-order valence-electron chi connectivity index (χ3n) is 4.05. The van der Waals surface area contributed by atoms with E-state index in [1.165, 1.54) is 0 Å². The van der Waals surface area contributed by atoms with Gasteiger partial charge in [0.15, 0.2) is 6.29 Å². The number of nitrogens with zero attached hydrogens (tertiary/aromatic N) is 2. The van der Waals surface area contributed by atoms with E-state index in [0.717, 1.165) is 39.4 Å². The number of ether oxygens (including phenoxy) is 1. The smallest absolute Gasteiger partial charge is 0.166 e. The highest BCUT2D eigenvalue weighted by molar-refractivity contribution is 5.96. The third-order valence-corrected chi connectivity index (χ3v) is 4.05. The fraction of sp³-hybridized carbons (Fsp3) is 0.0526. The maximum Gasteiger partial charge on any atom is 0.166 e. The fourth-order valence-corrected chi connectivity index (χ4v) is 2.98. The molecule has 0 aliphatic carbocycles. The normalized spacial score (nSPS) is 11.0. The molecular formula is C19H14N2O2. The number of pyridine rings is 1. The summed E-state index contributed by atoms with van der Waals surface area (Å²) in [6.07, 6.45) is 4.49. The van der Waals surface area contributed by atoms with Gasteiger partial charge < -0.3 is 9.30 Å². The fourth-order valence-electron chi connectivity index (χ4n) is 2.98. The largest absolute Gasteiger partial charge is 0.497 e. The summed E-state index contributed by atoms with van der Waals surface area (Å²) < 4.78 is 7.21. The Labute approximate surface area is 132 Å². The molecule has 0 spiro atoms. The van der Waals surface area contributed by atoms with Gasteiger partial charge in [0.05, 0.1) is 30.2 Å². The summed E-state index contributed by atoms with van der Waals surface area (Å²) in [5, 5.41) is 3.05. The van der Waals surface area contributed by atoms with Crippen LogP contribution in [0.25, 0.3) is 27.4 Å². The van der Waals surface area contributed by atoms with E-state index in [0.29, 0.717) is 5.69 Å². The molecule has 0 atom stereocenters. The van der Waals surface area contributed by atoms with E-state index in [-0.39, 0.29) is 0 Å². The first-order valence-corrected chi connectivity index (χ1v) is 7.29. The summed E-state index contributed by atoms with van der Waals surface area (Å²) in [6, 6.07) is 15.7. The molecule has 4 heteroatoms. The minimum Gasteiger partial charge on any atom is -0.497 e. The summed E-state index contributed by atoms with van der Waals surface area (Å²) in [4.78, 5) is 15.9. The van der Waals surface area contributed by atoms with Gasteiger partial charge in [-0.3, -0.25) is 9.78 Å². The first kappa shape index (κ1) is 13.5. The number of methoxy groups -OCH3 is 1. The minimum absolute atomic E-state index is 0.589. The van der Waals surface area contributed by atoms with Crippen LogP contribution in [0.1, 0.15) is 10.5 Å². The van der Waals surface area contributed by atoms with Crippen molar-refractivity contribution in [2.75, 3.05) is 7.11 Å². The Morgan fingerprint density at radius 2 is 1.91 bits per heavy atom. The van der Waals surface area contributed by atoms with Crippen molar-refractivity contribution in [3.05, 3.63) is 66.6 Å². The lowest BCUT2D eigenvalue weighted by atomic mass is 10.1. The summed E-state index contributed by atoms with van der Waals surface area (Å²) in [6.45, 7) is 0. The molecule has 4 rings (SSSR count). The van der Waals surface area contributed by atoms with Crippen LogP contribution in [0.5, 0.6) is 5.75 Å². The van der Waals surface area contributed by atoms with Gasteiger partial charge in [-0.05, 0) is 24.3 Å². The van der Waals surface area contributed by atoms with Crippen molar-refractivity contribution in [1.82, 2.24) is 9.55 Å². The molecule has 4 nitrogen and oxygen atoms in total. The van der Waals surface area contributed by atoms with Gasteiger partial charge in [-0.15, -0.1) is 0 Å². The van der Waals surface area contributed by atoms with Crippen molar-refractivity contribution in [2.45, 2.75) is 0 Å². The Bertz CT molecular complexity index is 1030. The highest BCUT2D eigenvalue weighted by atomic mass is 16.5. The molecule has 0 amide bonds. The second-order valence-corrected chi connectivity index (χ2v) is 5.33. The van der Waals surface area contributed by atoms with Gasteiger partial charge in [-0.1, -0.05) is 24.3 Å². The number of aromatic nitrogens is 2. The van der Waals surface area contributed by atoms with E-state index in [1.807, 2.05) is 59.3 Å². The molecule has 0 fully saturated rings. The van der Waals surface area contributed by atoms with Crippen LogP contribution >= 0.6 is 0 Å². The van der Waals surface area contributed by atoms with E-state index in [9.17, 15) is 4.79 Å². The van der Waals surface area contributed by atoms with Gasteiger partial charge in [0.1, 0.15) is 5.75 Å². The molecule has 0 saturated carbocycles. The van der Waals surface area contributed by atoms with Crippen molar-refractivity contribution in [3.63, 3.8) is 0 Å². The predicted molar refractivity (Wildman–Crippen MR) is 90.5 cm³/mol. The SMILES string of the molecule is COc1ccc2c(c1)cc(C=O)n2-c1cncc2ccccc12. The summed E-state index contributed by atoms with van der Waals surface area (Å²) in [7, 11) is 1.63. The Morgan fingerprint density at radius 3 is 2.74 bits per heavy atom. The van der Waals surface area contributed by atoms with Crippen LogP contribution in [0.3, 0.4) is 0 Å². The van der Waals surface area contributed by atoms with Gasteiger partial charge in [0, 0.05) is 22.4 Å². The van der Waals surface area contributed by atoms with Gasteiger partial charge in [-0.2, -0.15) is 0 Å². The first-order valence-electron chi connectivity index (χ1n) is 7.29. The molecule has 2 heterocycles. The number of hydrogen-bond acceptors (Lipinski definition) is 3. The maximum atomic E-state index is 11.6. The zero-order valence-corrected chi connectivity index (χ0v) is 12.6. The van der Waals surface area contributed by atoms with Crippen molar-refractivity contribution >= 4 is 28.0 Å². The minimum atomic E-state index is 0.589. The number of benzene rings is 2. The van der Waals surface area contributed by atoms with Gasteiger partial charge in [-0.25, -0.2) is 0 Å². The number of rotatable bonds is 3. The van der Waals surface area contributed by atoms with Gasteiger partial charge in [0.25, 0.3) is 0 Å². The zero-order valence-electron chi connectivity index (χ0n) is 12.6. The molecule has 0 radical (unpaired) electrons. The summed E-state index contributed by atoms with van der Waals surface area (Å²) in [5.74, 6) is 0.767. The lowest BCUT2D eigenvalue weighted by molar-refractivity contribution is 0.111. The zero-order chi connectivity index (χ0) is 15.8. The summed E-state index contributed by atoms with van der Waals surface area (Å²) >= 11 is 0. The predicted octanol–water partition coefficient (Wildman–Crippen LogP) is 4.00. The van der Waals surface area contributed by atoms with Crippen LogP contribution in [0.4, 0.5) is 0 Å². The van der Waals surface area contributed by atoms with Crippen LogP contribution in [0.2, 0.25) is 0 Å². The molecule has 112 valence electrons. The Kier molecular flexibility index (Phi) is 3.08. The molecule has 0 aliphatic heterocycles. The van der Waals surface area contributed by atoms with Crippen LogP contribution in [0, 0.1) is 0 Å². The number of fused-ring (bicyclic) bond motifs is 2. The molecule has 0 unspecified atom stereocenters. The Hall–Kier alpha value is -3.14. The number of carbonyl (C=O) groups excluding carboxylic acids is 1. The van der Waals surface area contributed by atoms with Crippen molar-refractivity contribution in [1.29, 1.82) is 0 Å². The first-order chi connectivity index (χ1) is 11.3. The van der Waals surface area contributed by atoms with Gasteiger partial charge >= 0.3 is 0 Å². The second-order valence-electron chi connectivity index (χ2n) is 5.33. The van der Waals surface area contributed by atoms with Crippen LogP contribution in [-0.4, -0.2) is 22.9 Å². The molecule has 0 saturated heterocycles. The van der Waals surface area contributed by atoms with E-state index < -0.39 is 0 Å². The average Bonchev–Trinajstić information content (AvgIpc) is 2.98. The average molecular weight is 302 g/mol. The van der Waals surface area contributed by atoms with Crippen molar-refractivity contribution in [2.24, 2.45) is 0 Å². The van der Waals surface area contributed by atoms with Crippen LogP contribution < -0.4 is 4.74 Å². The Morgan fingerprint density at radius 1 is 1.04 bits per heavy atom. The van der Waals surface area contributed by atoms with Crippen LogP contribution in [0.15, 0.2) is 60.9 Å².